The summed E-state index contributed by atoms with van der Waals surface area (Å²) in [5, 5.41) is 2.68. The van der Waals surface area contributed by atoms with Gasteiger partial charge < -0.3 is 14.8 Å². The fourth-order valence-electron chi connectivity index (χ4n) is 2.59. The Labute approximate surface area is 164 Å². The van der Waals surface area contributed by atoms with Crippen LogP contribution in [0.15, 0.2) is 42.5 Å². The molecular weight excluding hydrogens is 387 g/mol. The number of rotatable bonds is 9. The van der Waals surface area contributed by atoms with Gasteiger partial charge in [-0.2, -0.15) is 4.31 Å². The van der Waals surface area contributed by atoms with Crippen molar-refractivity contribution in [3.8, 4) is 11.5 Å². The van der Waals surface area contributed by atoms with Crippen molar-refractivity contribution in [2.45, 2.75) is 13.1 Å². The van der Waals surface area contributed by atoms with E-state index in [1.165, 1.54) is 38.5 Å². The first-order valence-corrected chi connectivity index (χ1v) is 10.3. The molecule has 1 amide bonds. The van der Waals surface area contributed by atoms with Crippen molar-refractivity contribution in [1.29, 1.82) is 0 Å². The van der Waals surface area contributed by atoms with E-state index in [0.717, 1.165) is 10.6 Å². The summed E-state index contributed by atoms with van der Waals surface area (Å²) in [7, 11) is -0.631. The Hall–Kier alpha value is -2.65. The van der Waals surface area contributed by atoms with E-state index >= 15 is 0 Å². The largest absolute Gasteiger partial charge is 0.496 e. The van der Waals surface area contributed by atoms with Crippen molar-refractivity contribution in [3.05, 3.63) is 59.4 Å². The normalized spacial score (nSPS) is 11.3. The molecule has 0 saturated heterocycles. The van der Waals surface area contributed by atoms with Gasteiger partial charge in [-0.3, -0.25) is 4.79 Å². The number of benzene rings is 2. The molecule has 0 atom stereocenters. The van der Waals surface area contributed by atoms with E-state index in [2.05, 4.69) is 5.32 Å². The Morgan fingerprint density at radius 3 is 2.14 bits per heavy atom. The molecule has 9 heteroatoms. The first-order valence-electron chi connectivity index (χ1n) is 8.40. The number of hydrogen-bond acceptors (Lipinski definition) is 5. The van der Waals surface area contributed by atoms with E-state index < -0.39 is 21.7 Å². The van der Waals surface area contributed by atoms with Crippen LogP contribution in [0.5, 0.6) is 11.5 Å². The van der Waals surface area contributed by atoms with Crippen LogP contribution < -0.4 is 14.8 Å². The SMILES string of the molecule is COc1cccc(OC)c1CNC(=O)CN(Cc1ccc(F)cc1)S(C)(=O)=O. The second kappa shape index (κ2) is 9.52. The Bertz CT molecular complexity index is 894. The molecule has 0 aliphatic carbocycles. The van der Waals surface area contributed by atoms with Gasteiger partial charge in [-0.25, -0.2) is 12.8 Å². The molecule has 2 rings (SSSR count). The Morgan fingerprint density at radius 1 is 1.07 bits per heavy atom. The molecule has 0 fully saturated rings. The molecule has 28 heavy (non-hydrogen) atoms. The minimum absolute atomic E-state index is 0.0372. The van der Waals surface area contributed by atoms with Gasteiger partial charge in [-0.05, 0) is 29.8 Å². The topological polar surface area (TPSA) is 84.9 Å². The lowest BCUT2D eigenvalue weighted by atomic mass is 10.1. The highest BCUT2D eigenvalue weighted by atomic mass is 32.2. The van der Waals surface area contributed by atoms with E-state index in [-0.39, 0.29) is 19.6 Å². The van der Waals surface area contributed by atoms with Gasteiger partial charge in [0.05, 0.1) is 39.1 Å². The van der Waals surface area contributed by atoms with Crippen LogP contribution in [-0.4, -0.2) is 45.7 Å². The third-order valence-corrected chi connectivity index (χ3v) is 5.25. The van der Waals surface area contributed by atoms with E-state index in [4.69, 9.17) is 9.47 Å². The van der Waals surface area contributed by atoms with E-state index in [0.29, 0.717) is 22.6 Å². The molecule has 1 N–H and O–H groups in total. The van der Waals surface area contributed by atoms with Gasteiger partial charge in [0, 0.05) is 6.54 Å². The lowest BCUT2D eigenvalue weighted by Gasteiger charge is -2.20. The summed E-state index contributed by atoms with van der Waals surface area (Å²) in [4.78, 5) is 12.4. The number of nitrogens with one attached hydrogen (secondary N) is 1. The number of sulfonamides is 1. The Kier molecular flexibility index (Phi) is 7.36. The maximum atomic E-state index is 13.0. The average molecular weight is 410 g/mol. The van der Waals surface area contributed by atoms with Crippen molar-refractivity contribution < 1.29 is 27.1 Å². The van der Waals surface area contributed by atoms with Crippen molar-refractivity contribution in [2.24, 2.45) is 0 Å². The molecule has 152 valence electrons. The number of hydrogen-bond donors (Lipinski definition) is 1. The van der Waals surface area contributed by atoms with E-state index in [9.17, 15) is 17.6 Å². The molecule has 7 nitrogen and oxygen atoms in total. The van der Waals surface area contributed by atoms with Crippen molar-refractivity contribution in [1.82, 2.24) is 9.62 Å². The van der Waals surface area contributed by atoms with Crippen LogP contribution in [0.4, 0.5) is 4.39 Å². The predicted octanol–water partition coefficient (Wildman–Crippen LogP) is 1.92. The van der Waals surface area contributed by atoms with E-state index in [1.807, 2.05) is 0 Å². The van der Waals surface area contributed by atoms with Crippen LogP contribution in [-0.2, 0) is 27.9 Å². The standard InChI is InChI=1S/C19H23FN2O5S/c1-26-17-5-4-6-18(27-2)16(17)11-21-19(23)13-22(28(3,24)25)12-14-7-9-15(20)10-8-14/h4-10H,11-13H2,1-3H3,(H,21,23). The number of carbonyl (C=O) groups is 1. The summed E-state index contributed by atoms with van der Waals surface area (Å²) >= 11 is 0. The lowest BCUT2D eigenvalue weighted by Crippen LogP contribution is -2.39. The number of carbonyl (C=O) groups excluding carboxylic acids is 1. The third kappa shape index (κ3) is 5.93. The molecule has 0 unspecified atom stereocenters. The summed E-state index contributed by atoms with van der Waals surface area (Å²) in [5.74, 6) is 0.190. The minimum Gasteiger partial charge on any atom is -0.496 e. The van der Waals surface area contributed by atoms with Crippen LogP contribution in [0.25, 0.3) is 0 Å². The molecule has 2 aromatic rings. The van der Waals surface area contributed by atoms with Gasteiger partial charge in [0.1, 0.15) is 17.3 Å². The van der Waals surface area contributed by atoms with Crippen LogP contribution in [0.1, 0.15) is 11.1 Å². The Morgan fingerprint density at radius 2 is 1.64 bits per heavy atom. The van der Waals surface area contributed by atoms with Crippen LogP contribution in [0, 0.1) is 5.82 Å². The van der Waals surface area contributed by atoms with Gasteiger partial charge in [-0.15, -0.1) is 0 Å². The zero-order valence-electron chi connectivity index (χ0n) is 15.9. The van der Waals surface area contributed by atoms with Crippen molar-refractivity contribution in [3.63, 3.8) is 0 Å². The predicted molar refractivity (Wildman–Crippen MR) is 103 cm³/mol. The molecule has 0 aliphatic rings. The zero-order valence-corrected chi connectivity index (χ0v) is 16.8. The molecule has 0 spiro atoms. The fraction of sp³-hybridized carbons (Fsp3) is 0.316. The second-order valence-electron chi connectivity index (χ2n) is 6.08. The number of halogens is 1. The van der Waals surface area contributed by atoms with Gasteiger partial charge in [0.15, 0.2) is 0 Å². The van der Waals surface area contributed by atoms with Crippen LogP contribution in [0.2, 0.25) is 0 Å². The number of amides is 1. The molecule has 0 bridgehead atoms. The molecule has 2 aromatic carbocycles. The smallest absolute Gasteiger partial charge is 0.235 e. The van der Waals surface area contributed by atoms with Gasteiger partial charge >= 0.3 is 0 Å². The summed E-state index contributed by atoms with van der Waals surface area (Å²) in [6.45, 7) is -0.293. The average Bonchev–Trinajstić information content (AvgIpc) is 2.66. The quantitative estimate of drug-likeness (QED) is 0.683. The summed E-state index contributed by atoms with van der Waals surface area (Å²) in [6.07, 6.45) is 1.02. The second-order valence-corrected chi connectivity index (χ2v) is 8.06. The summed E-state index contributed by atoms with van der Waals surface area (Å²) < 4.78 is 48.7. The number of ether oxygens (including phenoxy) is 2. The highest BCUT2D eigenvalue weighted by molar-refractivity contribution is 7.88. The molecule has 0 radical (unpaired) electrons. The Balaban J connectivity index is 2.07. The molecule has 0 heterocycles. The first-order chi connectivity index (χ1) is 13.2. The van der Waals surface area contributed by atoms with Crippen LogP contribution in [0.3, 0.4) is 0 Å². The molecule has 0 aliphatic heterocycles. The van der Waals surface area contributed by atoms with Crippen molar-refractivity contribution in [2.75, 3.05) is 27.0 Å². The zero-order chi connectivity index (χ0) is 20.7. The number of nitrogens with zero attached hydrogens (tertiary/aromatic N) is 1. The third-order valence-electron chi connectivity index (χ3n) is 4.05. The fourth-order valence-corrected chi connectivity index (χ4v) is 3.32. The first kappa shape index (κ1) is 21.6. The highest BCUT2D eigenvalue weighted by Crippen LogP contribution is 2.27. The minimum atomic E-state index is -3.65. The monoisotopic (exact) mass is 410 g/mol. The van der Waals surface area contributed by atoms with Crippen LogP contribution >= 0.6 is 0 Å². The maximum absolute atomic E-state index is 13.0. The molecule has 0 aromatic heterocycles. The van der Waals surface area contributed by atoms with Gasteiger partial charge in [-0.1, -0.05) is 18.2 Å². The lowest BCUT2D eigenvalue weighted by molar-refractivity contribution is -0.121. The molecular formula is C19H23FN2O5S. The van der Waals surface area contributed by atoms with E-state index in [1.54, 1.807) is 18.2 Å². The van der Waals surface area contributed by atoms with Gasteiger partial charge in [0.25, 0.3) is 0 Å². The van der Waals surface area contributed by atoms with Crippen molar-refractivity contribution >= 4 is 15.9 Å². The van der Waals surface area contributed by atoms with Gasteiger partial charge in [0.2, 0.25) is 15.9 Å². The highest BCUT2D eigenvalue weighted by Gasteiger charge is 2.21. The summed E-state index contributed by atoms with van der Waals surface area (Å²) in [5.41, 5.74) is 1.22. The maximum Gasteiger partial charge on any atom is 0.235 e. The number of methoxy groups -OCH3 is 2. The summed E-state index contributed by atoms with van der Waals surface area (Å²) in [6, 6.07) is 10.7. The molecule has 0 saturated carbocycles.